The number of nitrogens with one attached hydrogen (secondary N) is 1. The lowest BCUT2D eigenvalue weighted by molar-refractivity contribution is -0.142. The van der Waals surface area contributed by atoms with Crippen molar-refractivity contribution in [2.75, 3.05) is 20.2 Å². The van der Waals surface area contributed by atoms with Gasteiger partial charge in [-0.15, -0.1) is 0 Å². The van der Waals surface area contributed by atoms with Crippen LogP contribution in [-0.4, -0.2) is 55.6 Å². The van der Waals surface area contributed by atoms with Gasteiger partial charge < -0.3 is 14.6 Å². The lowest BCUT2D eigenvalue weighted by Crippen LogP contribution is -2.39. The fourth-order valence-electron chi connectivity index (χ4n) is 4.16. The number of benzene rings is 1. The topological polar surface area (TPSA) is 88.4 Å². The monoisotopic (exact) mass is 444 g/mol. The number of rotatable bonds is 3. The third-order valence-electron chi connectivity index (χ3n) is 5.75. The maximum atomic E-state index is 13.5. The highest BCUT2D eigenvalue weighted by atomic mass is 19.4. The summed E-state index contributed by atoms with van der Waals surface area (Å²) >= 11 is 0. The average molecular weight is 444 g/mol. The van der Waals surface area contributed by atoms with Gasteiger partial charge in [0.2, 0.25) is 0 Å². The summed E-state index contributed by atoms with van der Waals surface area (Å²) in [6.07, 6.45) is -2.27. The molecule has 0 saturated carbocycles. The van der Waals surface area contributed by atoms with Crippen LogP contribution < -0.4 is 4.74 Å². The highest BCUT2D eigenvalue weighted by molar-refractivity contribution is 5.98. The molecule has 1 amide bonds. The Bertz CT molecular complexity index is 1310. The summed E-state index contributed by atoms with van der Waals surface area (Å²) in [5, 5.41) is 4.50. The van der Waals surface area contributed by atoms with Crippen molar-refractivity contribution >= 4 is 22.6 Å². The van der Waals surface area contributed by atoms with Crippen LogP contribution in [0.25, 0.3) is 16.7 Å². The number of aromatic nitrogens is 5. The zero-order valence-electron chi connectivity index (χ0n) is 17.1. The number of alkyl halides is 3. The van der Waals surface area contributed by atoms with E-state index in [1.807, 2.05) is 18.2 Å². The Labute approximate surface area is 180 Å². The second-order valence-electron chi connectivity index (χ2n) is 7.76. The molecule has 8 nitrogen and oxygen atoms in total. The molecule has 1 aliphatic heterocycles. The quantitative estimate of drug-likeness (QED) is 0.521. The largest absolute Gasteiger partial charge is 0.497 e. The third-order valence-corrected chi connectivity index (χ3v) is 5.75. The van der Waals surface area contributed by atoms with Gasteiger partial charge in [-0.05, 0) is 37.1 Å². The molecule has 5 rings (SSSR count). The Hall–Kier alpha value is -3.63. The number of amides is 1. The van der Waals surface area contributed by atoms with Gasteiger partial charge in [0, 0.05) is 36.0 Å². The SMILES string of the molecule is COc1ccc2cc(C(=O)N3CCCC(c4cc(C(F)(F)F)n5ncnc5n4)C3)[nH]c2c1. The van der Waals surface area contributed by atoms with Gasteiger partial charge in [-0.3, -0.25) is 4.79 Å². The van der Waals surface area contributed by atoms with Crippen LogP contribution in [0.4, 0.5) is 13.2 Å². The van der Waals surface area contributed by atoms with Crippen LogP contribution in [0.3, 0.4) is 0 Å². The number of hydrogen-bond acceptors (Lipinski definition) is 5. The predicted octanol–water partition coefficient (Wildman–Crippen LogP) is 3.65. The number of methoxy groups -OCH3 is 1. The summed E-state index contributed by atoms with van der Waals surface area (Å²) in [5.41, 5.74) is 0.528. The second-order valence-corrected chi connectivity index (χ2v) is 7.76. The van der Waals surface area contributed by atoms with Crippen LogP contribution in [0.2, 0.25) is 0 Å². The first kappa shape index (κ1) is 20.3. The van der Waals surface area contributed by atoms with Gasteiger partial charge in [0.05, 0.1) is 12.8 Å². The number of carbonyl (C=O) groups excluding carboxylic acids is 1. The molecule has 1 atom stereocenters. The van der Waals surface area contributed by atoms with Crippen LogP contribution in [-0.2, 0) is 6.18 Å². The first-order valence-electron chi connectivity index (χ1n) is 10.1. The molecular formula is C21H19F3N6O2. The number of carbonyl (C=O) groups is 1. The Morgan fingerprint density at radius 1 is 1.25 bits per heavy atom. The number of H-pyrrole nitrogens is 1. The summed E-state index contributed by atoms with van der Waals surface area (Å²) in [5.74, 6) is 0.0269. The van der Waals surface area contributed by atoms with E-state index in [0.717, 1.165) is 23.3 Å². The van der Waals surface area contributed by atoms with Crippen LogP contribution in [0.15, 0.2) is 36.7 Å². The summed E-state index contributed by atoms with van der Waals surface area (Å²) < 4.78 is 46.5. The zero-order valence-corrected chi connectivity index (χ0v) is 17.1. The molecule has 1 fully saturated rings. The standard InChI is InChI=1S/C21H19F3N6O2/c1-32-14-5-4-12-7-17(27-15(12)8-14)19(31)29-6-2-3-13(10-29)16-9-18(21(22,23)24)30-20(28-16)25-11-26-30/h4-5,7-9,11,13,27H,2-3,6,10H2,1H3. The van der Waals surface area contributed by atoms with Crippen LogP contribution in [0.5, 0.6) is 5.75 Å². The van der Waals surface area contributed by atoms with Crippen molar-refractivity contribution in [2.24, 2.45) is 0 Å². The number of halogens is 3. The minimum absolute atomic E-state index is 0.108. The normalized spacial score (nSPS) is 17.2. The van der Waals surface area contributed by atoms with Gasteiger partial charge >= 0.3 is 6.18 Å². The number of fused-ring (bicyclic) bond motifs is 2. The first-order valence-corrected chi connectivity index (χ1v) is 10.1. The number of ether oxygens (including phenoxy) is 1. The van der Waals surface area contributed by atoms with Gasteiger partial charge in [0.1, 0.15) is 17.8 Å². The van der Waals surface area contributed by atoms with Crippen LogP contribution in [0.1, 0.15) is 40.6 Å². The number of likely N-dealkylation sites (tertiary alicyclic amines) is 1. The number of nitrogens with zero attached hydrogens (tertiary/aromatic N) is 5. The van der Waals surface area contributed by atoms with Gasteiger partial charge in [0.15, 0.2) is 5.69 Å². The van der Waals surface area contributed by atoms with Crippen LogP contribution in [0, 0.1) is 0 Å². The minimum Gasteiger partial charge on any atom is -0.497 e. The minimum atomic E-state index is -4.60. The van der Waals surface area contributed by atoms with Gasteiger partial charge in [-0.1, -0.05) is 0 Å². The Balaban J connectivity index is 1.43. The van der Waals surface area contributed by atoms with E-state index in [0.29, 0.717) is 35.3 Å². The van der Waals surface area contributed by atoms with Crippen molar-refractivity contribution in [3.05, 3.63) is 53.7 Å². The van der Waals surface area contributed by atoms with Gasteiger partial charge in [0.25, 0.3) is 11.7 Å². The molecule has 4 aromatic rings. The second kappa shape index (κ2) is 7.50. The molecule has 4 heterocycles. The van der Waals surface area contributed by atoms with Crippen molar-refractivity contribution in [3.8, 4) is 5.75 Å². The maximum absolute atomic E-state index is 13.5. The average Bonchev–Trinajstić information content (AvgIpc) is 3.43. The molecule has 32 heavy (non-hydrogen) atoms. The molecule has 1 aromatic carbocycles. The molecule has 3 aromatic heterocycles. The van der Waals surface area contributed by atoms with E-state index in [4.69, 9.17) is 4.74 Å². The summed E-state index contributed by atoms with van der Waals surface area (Å²) in [4.78, 5) is 26.0. The third kappa shape index (κ3) is 3.53. The van der Waals surface area contributed by atoms with E-state index in [9.17, 15) is 18.0 Å². The number of aromatic amines is 1. The van der Waals surface area contributed by atoms with Crippen LogP contribution >= 0.6 is 0 Å². The summed E-state index contributed by atoms with van der Waals surface area (Å²) in [7, 11) is 1.57. The van der Waals surface area contributed by atoms with E-state index in [2.05, 4.69) is 20.1 Å². The molecule has 0 radical (unpaired) electrons. The lowest BCUT2D eigenvalue weighted by atomic mass is 9.94. The zero-order chi connectivity index (χ0) is 22.5. The Morgan fingerprint density at radius 3 is 2.88 bits per heavy atom. The van der Waals surface area contributed by atoms with Gasteiger partial charge in [-0.25, -0.2) is 4.98 Å². The smallest absolute Gasteiger partial charge is 0.433 e. The molecule has 11 heteroatoms. The van der Waals surface area contributed by atoms with E-state index in [1.54, 1.807) is 18.1 Å². The van der Waals surface area contributed by atoms with Crippen molar-refractivity contribution in [1.82, 2.24) is 29.5 Å². The fraction of sp³-hybridized carbons (Fsp3) is 0.333. The lowest BCUT2D eigenvalue weighted by Gasteiger charge is -2.32. The van der Waals surface area contributed by atoms with Crippen molar-refractivity contribution in [1.29, 1.82) is 0 Å². The van der Waals surface area contributed by atoms with E-state index < -0.39 is 11.9 Å². The Kier molecular flexibility index (Phi) is 4.75. The molecule has 0 aliphatic carbocycles. The number of piperidine rings is 1. The van der Waals surface area contributed by atoms with E-state index in [1.165, 1.54) is 0 Å². The van der Waals surface area contributed by atoms with Crippen molar-refractivity contribution in [3.63, 3.8) is 0 Å². The van der Waals surface area contributed by atoms with Crippen molar-refractivity contribution < 1.29 is 22.7 Å². The maximum Gasteiger partial charge on any atom is 0.433 e. The summed E-state index contributed by atoms with van der Waals surface area (Å²) in [6, 6.07) is 8.25. The molecule has 0 bridgehead atoms. The highest BCUT2D eigenvalue weighted by Crippen LogP contribution is 2.33. The number of hydrogen-bond donors (Lipinski definition) is 1. The molecule has 0 spiro atoms. The molecule has 1 saturated heterocycles. The molecule has 1 N–H and O–H groups in total. The first-order chi connectivity index (χ1) is 15.3. The van der Waals surface area contributed by atoms with Gasteiger partial charge in [-0.2, -0.15) is 27.8 Å². The van der Waals surface area contributed by atoms with E-state index in [-0.39, 0.29) is 29.8 Å². The summed E-state index contributed by atoms with van der Waals surface area (Å²) in [6.45, 7) is 0.791. The highest BCUT2D eigenvalue weighted by Gasteiger charge is 2.36. The predicted molar refractivity (Wildman–Crippen MR) is 109 cm³/mol. The molecule has 1 unspecified atom stereocenters. The van der Waals surface area contributed by atoms with Crippen molar-refractivity contribution in [2.45, 2.75) is 24.9 Å². The Morgan fingerprint density at radius 2 is 2.09 bits per heavy atom. The fourth-order valence-corrected chi connectivity index (χ4v) is 4.16. The molecule has 166 valence electrons. The molecule has 1 aliphatic rings. The van der Waals surface area contributed by atoms with E-state index >= 15 is 0 Å². The molecular weight excluding hydrogens is 425 g/mol.